The number of hydrogen-bond acceptors (Lipinski definition) is 4. The first-order valence-corrected chi connectivity index (χ1v) is 10.1. The average molecular weight is 391 g/mol. The van der Waals surface area contributed by atoms with E-state index in [1.807, 2.05) is 43.3 Å². The zero-order valence-electron chi connectivity index (χ0n) is 15.0. The molecule has 1 heterocycles. The molecule has 1 atom stereocenters. The lowest BCUT2D eigenvalue weighted by Gasteiger charge is -2.17. The van der Waals surface area contributed by atoms with Gasteiger partial charge in [-0.1, -0.05) is 37.3 Å². The maximum Gasteiger partial charge on any atom is 0.310 e. The molecular weight excluding hydrogens is 370 g/mol. The topological polar surface area (TPSA) is 112 Å². The van der Waals surface area contributed by atoms with Crippen LogP contribution in [0.25, 0.3) is 0 Å². The Morgan fingerprint density at radius 1 is 1.15 bits per heavy atom. The molecule has 0 radical (unpaired) electrons. The summed E-state index contributed by atoms with van der Waals surface area (Å²) in [6, 6.07) is 14.8. The van der Waals surface area contributed by atoms with E-state index in [-0.39, 0.29) is 5.91 Å². The lowest BCUT2D eigenvalue weighted by atomic mass is 9.96. The predicted molar refractivity (Wildman–Crippen MR) is 102 cm³/mol. The van der Waals surface area contributed by atoms with Gasteiger partial charge < -0.3 is 10.0 Å². The Bertz CT molecular complexity index is 929. The summed E-state index contributed by atoms with van der Waals surface area (Å²) in [7, 11) is -3.67. The van der Waals surface area contributed by atoms with E-state index in [9.17, 15) is 23.1 Å². The molecule has 0 aliphatic carbocycles. The van der Waals surface area contributed by atoms with Crippen molar-refractivity contribution in [3.8, 4) is 0 Å². The van der Waals surface area contributed by atoms with E-state index in [0.29, 0.717) is 19.2 Å². The highest BCUT2D eigenvalue weighted by Crippen LogP contribution is 2.29. The van der Waals surface area contributed by atoms with Gasteiger partial charge in [0.2, 0.25) is 0 Å². The molecule has 0 bridgehead atoms. The van der Waals surface area contributed by atoms with E-state index in [4.69, 9.17) is 4.55 Å². The van der Waals surface area contributed by atoms with Gasteiger partial charge in [0.05, 0.1) is 18.7 Å². The van der Waals surface area contributed by atoms with Gasteiger partial charge in [-0.15, -0.1) is 0 Å². The maximum absolute atomic E-state index is 12.4. The summed E-state index contributed by atoms with van der Waals surface area (Å²) < 4.78 is 25.9. The molecule has 0 fully saturated rings. The van der Waals surface area contributed by atoms with Crippen molar-refractivity contribution in [2.75, 3.05) is 11.2 Å². The second-order valence-electron chi connectivity index (χ2n) is 6.17. The lowest BCUT2D eigenvalue weighted by molar-refractivity contribution is -0.138. The Morgan fingerprint density at radius 3 is 2.19 bits per heavy atom. The molecule has 2 aromatic carbocycles. The van der Waals surface area contributed by atoms with Crippen LogP contribution in [0.2, 0.25) is 0 Å². The van der Waals surface area contributed by atoms with Crippen LogP contribution in [0, 0.1) is 0 Å². The molecule has 3 rings (SSSR count). The van der Waals surface area contributed by atoms with Crippen LogP contribution < -0.4 is 4.90 Å². The number of benzene rings is 2. The number of amides is 1. The zero-order valence-corrected chi connectivity index (χ0v) is 15.8. The minimum Gasteiger partial charge on any atom is -0.481 e. The minimum atomic E-state index is -3.67. The minimum absolute atomic E-state index is 0.00590. The summed E-state index contributed by atoms with van der Waals surface area (Å²) in [6.07, 6.45) is 1.26. The molecule has 27 heavy (non-hydrogen) atoms. The fraction of sp³-hybridized carbons (Fsp3) is 0.263. The number of carboxylic acids is 1. The lowest BCUT2D eigenvalue weighted by Crippen LogP contribution is -2.23. The third-order valence-electron chi connectivity index (χ3n) is 4.13. The monoisotopic (exact) mass is 391 g/mol. The maximum atomic E-state index is 12.4. The largest absolute Gasteiger partial charge is 0.481 e. The van der Waals surface area contributed by atoms with E-state index in [1.54, 1.807) is 17.0 Å². The van der Waals surface area contributed by atoms with Gasteiger partial charge in [-0.25, -0.2) is 0 Å². The number of anilines is 1. The Morgan fingerprint density at radius 2 is 1.70 bits per heavy atom. The number of aliphatic carboxylic acids is 1. The number of carbonyl (C=O) groups is 2. The van der Waals surface area contributed by atoms with Crippen molar-refractivity contribution < 1.29 is 27.7 Å². The van der Waals surface area contributed by atoms with Gasteiger partial charge in [0, 0.05) is 11.3 Å². The molecule has 1 amide bonds. The third-order valence-corrected chi connectivity index (χ3v) is 4.13. The van der Waals surface area contributed by atoms with Crippen LogP contribution in [0.4, 0.5) is 5.69 Å². The van der Waals surface area contributed by atoms with Crippen molar-refractivity contribution in [1.82, 2.24) is 0 Å². The molecule has 0 aromatic heterocycles. The molecular formula is C19H21NO6S. The van der Waals surface area contributed by atoms with Crippen LogP contribution in [-0.2, 0) is 21.5 Å². The third kappa shape index (κ3) is 5.38. The number of carbonyl (C=O) groups excluding carboxylic acids is 1. The molecule has 2 aromatic rings. The van der Waals surface area contributed by atoms with Gasteiger partial charge in [0.25, 0.3) is 16.0 Å². The summed E-state index contributed by atoms with van der Waals surface area (Å²) in [5, 5.41) is 9.20. The molecule has 0 saturated carbocycles. The van der Waals surface area contributed by atoms with Crippen molar-refractivity contribution in [3.63, 3.8) is 0 Å². The molecule has 7 nitrogen and oxygen atoms in total. The first-order valence-electron chi connectivity index (χ1n) is 8.26. The summed E-state index contributed by atoms with van der Waals surface area (Å²) in [5.74, 6) is -1.32. The van der Waals surface area contributed by atoms with Gasteiger partial charge in [-0.3, -0.25) is 14.1 Å². The van der Waals surface area contributed by atoms with Gasteiger partial charge in [0.1, 0.15) is 0 Å². The fourth-order valence-electron chi connectivity index (χ4n) is 2.90. The standard InChI is InChI=1S/C18H17NO3.CH4O3S/c1-2-15(18(21)22)12-7-9-14(10-8-12)19-11-13-5-3-4-6-16(13)17(19)20;1-5(2,3)4/h3-10,15H,2,11H2,1H3,(H,21,22);1H3,(H,2,3,4). The summed E-state index contributed by atoms with van der Waals surface area (Å²) in [5.41, 5.74) is 3.32. The molecule has 0 spiro atoms. The zero-order chi connectivity index (χ0) is 20.2. The molecule has 2 N–H and O–H groups in total. The van der Waals surface area contributed by atoms with Crippen molar-refractivity contribution in [2.24, 2.45) is 0 Å². The number of nitrogens with zero attached hydrogens (tertiary/aromatic N) is 1. The normalized spacial score (nSPS) is 14.2. The first kappa shape index (κ1) is 20.6. The predicted octanol–water partition coefficient (Wildman–Crippen LogP) is 2.93. The van der Waals surface area contributed by atoms with Crippen LogP contribution in [0.15, 0.2) is 48.5 Å². The quantitative estimate of drug-likeness (QED) is 0.775. The van der Waals surface area contributed by atoms with Crippen LogP contribution in [0.3, 0.4) is 0 Å². The molecule has 1 aliphatic heterocycles. The number of carboxylic acid groups (broad SMARTS) is 1. The van der Waals surface area contributed by atoms with E-state index in [1.165, 1.54) is 0 Å². The summed E-state index contributed by atoms with van der Waals surface area (Å²) in [6.45, 7) is 2.41. The highest BCUT2D eigenvalue weighted by molar-refractivity contribution is 7.85. The molecule has 8 heteroatoms. The Balaban J connectivity index is 0.000000465. The van der Waals surface area contributed by atoms with E-state index < -0.39 is 22.0 Å². The Hall–Kier alpha value is -2.71. The van der Waals surface area contributed by atoms with E-state index in [2.05, 4.69) is 0 Å². The Kier molecular flexibility index (Phi) is 6.35. The van der Waals surface area contributed by atoms with Crippen LogP contribution >= 0.6 is 0 Å². The Labute approximate surface area is 158 Å². The number of hydrogen-bond donors (Lipinski definition) is 2. The SMILES string of the molecule is CCC(C(=O)O)c1ccc(N2Cc3ccccc3C2=O)cc1.CS(=O)(=O)O. The average Bonchev–Trinajstić information content (AvgIpc) is 2.92. The highest BCUT2D eigenvalue weighted by atomic mass is 32.2. The van der Waals surface area contributed by atoms with Crippen molar-refractivity contribution in [1.29, 1.82) is 0 Å². The molecule has 0 saturated heterocycles. The van der Waals surface area contributed by atoms with Crippen molar-refractivity contribution >= 4 is 27.7 Å². The fourth-order valence-corrected chi connectivity index (χ4v) is 2.90. The smallest absolute Gasteiger partial charge is 0.310 e. The van der Waals surface area contributed by atoms with Crippen LogP contribution in [0.5, 0.6) is 0 Å². The van der Waals surface area contributed by atoms with Gasteiger partial charge in [-0.05, 0) is 35.7 Å². The van der Waals surface area contributed by atoms with Crippen LogP contribution in [-0.4, -0.2) is 36.2 Å². The first-order chi connectivity index (χ1) is 12.6. The van der Waals surface area contributed by atoms with Crippen molar-refractivity contribution in [2.45, 2.75) is 25.8 Å². The van der Waals surface area contributed by atoms with Crippen molar-refractivity contribution in [3.05, 3.63) is 65.2 Å². The molecule has 1 unspecified atom stereocenters. The number of rotatable bonds is 4. The van der Waals surface area contributed by atoms with Gasteiger partial charge >= 0.3 is 5.97 Å². The summed E-state index contributed by atoms with van der Waals surface area (Å²) >= 11 is 0. The second kappa shape index (κ2) is 8.32. The molecule has 144 valence electrons. The highest BCUT2D eigenvalue weighted by Gasteiger charge is 2.28. The van der Waals surface area contributed by atoms with Crippen LogP contribution in [0.1, 0.15) is 40.7 Å². The number of fused-ring (bicyclic) bond motifs is 1. The van der Waals surface area contributed by atoms with E-state index in [0.717, 1.165) is 22.4 Å². The second-order valence-corrected chi connectivity index (χ2v) is 7.64. The van der Waals surface area contributed by atoms with Gasteiger partial charge in [0.15, 0.2) is 0 Å². The summed E-state index contributed by atoms with van der Waals surface area (Å²) in [4.78, 5) is 25.3. The molecule has 1 aliphatic rings. The van der Waals surface area contributed by atoms with Gasteiger partial charge in [-0.2, -0.15) is 8.42 Å². The van der Waals surface area contributed by atoms with E-state index >= 15 is 0 Å².